The van der Waals surface area contributed by atoms with Crippen molar-refractivity contribution in [1.82, 2.24) is 25.4 Å². The number of nitriles is 1. The van der Waals surface area contributed by atoms with Crippen LogP contribution in [-0.2, 0) is 4.79 Å². The number of likely N-dealkylation sites (tertiary alicyclic amines) is 1. The van der Waals surface area contributed by atoms with Gasteiger partial charge in [0.05, 0.1) is 30.3 Å². The van der Waals surface area contributed by atoms with E-state index in [4.69, 9.17) is 4.74 Å². The minimum atomic E-state index is -0.401. The molecule has 0 saturated carbocycles. The molecule has 33 heavy (non-hydrogen) atoms. The van der Waals surface area contributed by atoms with Crippen molar-refractivity contribution < 1.29 is 14.3 Å². The van der Waals surface area contributed by atoms with E-state index in [1.807, 2.05) is 18.2 Å². The molecule has 1 aromatic carbocycles. The zero-order valence-corrected chi connectivity index (χ0v) is 18.8. The molecule has 0 radical (unpaired) electrons. The molecule has 9 heteroatoms. The number of benzene rings is 1. The van der Waals surface area contributed by atoms with Crippen molar-refractivity contribution in [3.05, 3.63) is 36.0 Å². The van der Waals surface area contributed by atoms with E-state index in [1.165, 1.54) is 4.90 Å². The Morgan fingerprint density at radius 2 is 2.09 bits per heavy atom. The minimum Gasteiger partial charge on any atom is -0.494 e. The molecule has 2 N–H and O–H groups in total. The molecule has 2 fully saturated rings. The topological polar surface area (TPSA) is 111 Å². The standard InChI is InChI=1S/C24H30N6O3/c25-16-18-3-1-11-30(18)23(31)17-28-24(32)20-6-7-27-22-5-4-19(15-21(20)22)33-14-2-10-29-12-8-26-9-13-29/h4-7,15,18,26H,1-3,8-14,17H2,(H,28,32). The first-order valence-corrected chi connectivity index (χ1v) is 11.6. The first kappa shape index (κ1) is 23.0. The predicted octanol–water partition coefficient (Wildman–Crippen LogP) is 1.15. The summed E-state index contributed by atoms with van der Waals surface area (Å²) in [6.07, 6.45) is 4.01. The van der Waals surface area contributed by atoms with Crippen LogP contribution in [0.15, 0.2) is 30.5 Å². The average molecular weight is 451 g/mol. The molecule has 3 heterocycles. The first-order chi connectivity index (χ1) is 16.2. The number of piperazine rings is 1. The van der Waals surface area contributed by atoms with Gasteiger partial charge in [-0.25, -0.2) is 0 Å². The maximum atomic E-state index is 12.8. The third-order valence-electron chi connectivity index (χ3n) is 6.18. The van der Waals surface area contributed by atoms with Gasteiger partial charge in [0.25, 0.3) is 5.91 Å². The van der Waals surface area contributed by atoms with E-state index >= 15 is 0 Å². The zero-order chi connectivity index (χ0) is 23.0. The molecule has 4 rings (SSSR count). The largest absolute Gasteiger partial charge is 0.494 e. The van der Waals surface area contributed by atoms with Gasteiger partial charge in [-0.3, -0.25) is 14.6 Å². The van der Waals surface area contributed by atoms with E-state index in [9.17, 15) is 14.9 Å². The summed E-state index contributed by atoms with van der Waals surface area (Å²) in [6.45, 7) is 6.22. The summed E-state index contributed by atoms with van der Waals surface area (Å²) in [7, 11) is 0. The molecule has 2 aliphatic heterocycles. The van der Waals surface area contributed by atoms with Crippen LogP contribution in [0.2, 0.25) is 0 Å². The number of hydrogen-bond acceptors (Lipinski definition) is 7. The predicted molar refractivity (Wildman–Crippen MR) is 124 cm³/mol. The summed E-state index contributed by atoms with van der Waals surface area (Å²) in [5.74, 6) is 0.105. The normalized spacial score (nSPS) is 18.8. The van der Waals surface area contributed by atoms with Crippen molar-refractivity contribution >= 4 is 22.7 Å². The molecule has 0 bridgehead atoms. The third kappa shape index (κ3) is 5.78. The third-order valence-corrected chi connectivity index (χ3v) is 6.18. The molecule has 9 nitrogen and oxygen atoms in total. The molecule has 0 aliphatic carbocycles. The Kier molecular flexibility index (Phi) is 7.70. The Morgan fingerprint density at radius 1 is 1.24 bits per heavy atom. The van der Waals surface area contributed by atoms with Crippen LogP contribution in [0.5, 0.6) is 5.75 Å². The lowest BCUT2D eigenvalue weighted by molar-refractivity contribution is -0.130. The van der Waals surface area contributed by atoms with Crippen LogP contribution in [0, 0.1) is 11.3 Å². The molecule has 2 saturated heterocycles. The van der Waals surface area contributed by atoms with Crippen molar-refractivity contribution in [2.24, 2.45) is 0 Å². The molecule has 2 aromatic rings. The van der Waals surface area contributed by atoms with Gasteiger partial charge in [0.2, 0.25) is 5.91 Å². The number of rotatable bonds is 8. The lowest BCUT2D eigenvalue weighted by Gasteiger charge is -2.26. The number of hydrogen-bond donors (Lipinski definition) is 2. The van der Waals surface area contributed by atoms with Gasteiger partial charge in [-0.1, -0.05) is 0 Å². The maximum Gasteiger partial charge on any atom is 0.252 e. The van der Waals surface area contributed by atoms with Crippen LogP contribution >= 0.6 is 0 Å². The van der Waals surface area contributed by atoms with E-state index < -0.39 is 6.04 Å². The number of carbonyl (C=O) groups is 2. The summed E-state index contributed by atoms with van der Waals surface area (Å²) < 4.78 is 5.94. The highest BCUT2D eigenvalue weighted by Gasteiger charge is 2.28. The van der Waals surface area contributed by atoms with Crippen LogP contribution in [0.25, 0.3) is 10.9 Å². The monoisotopic (exact) mass is 450 g/mol. The van der Waals surface area contributed by atoms with Crippen LogP contribution < -0.4 is 15.4 Å². The lowest BCUT2D eigenvalue weighted by atomic mass is 10.1. The SMILES string of the molecule is N#CC1CCCN1C(=O)CNC(=O)c1ccnc2ccc(OCCCN3CCNCC3)cc12. The highest BCUT2D eigenvalue weighted by Crippen LogP contribution is 2.23. The molecule has 2 aliphatic rings. The molecular formula is C24H30N6O3. The Hall–Kier alpha value is -3.22. The summed E-state index contributed by atoms with van der Waals surface area (Å²) in [6, 6.07) is 8.92. The Labute approximate surface area is 193 Å². The molecule has 1 aromatic heterocycles. The van der Waals surface area contributed by atoms with E-state index in [0.717, 1.165) is 45.6 Å². The second-order valence-electron chi connectivity index (χ2n) is 8.39. The van der Waals surface area contributed by atoms with Crippen molar-refractivity contribution in [2.75, 3.05) is 52.4 Å². The van der Waals surface area contributed by atoms with Crippen molar-refractivity contribution in [3.63, 3.8) is 0 Å². The van der Waals surface area contributed by atoms with Crippen LogP contribution in [-0.4, -0.2) is 85.1 Å². The fraction of sp³-hybridized carbons (Fsp3) is 0.500. The summed E-state index contributed by atoms with van der Waals surface area (Å²) >= 11 is 0. The minimum absolute atomic E-state index is 0.136. The second-order valence-corrected chi connectivity index (χ2v) is 8.39. The number of ether oxygens (including phenoxy) is 1. The van der Waals surface area contributed by atoms with Gasteiger partial charge in [-0.05, 0) is 43.5 Å². The number of amides is 2. The smallest absolute Gasteiger partial charge is 0.252 e. The number of nitrogens with one attached hydrogen (secondary N) is 2. The van der Waals surface area contributed by atoms with Gasteiger partial charge < -0.3 is 25.2 Å². The Balaban J connectivity index is 1.35. The molecule has 174 valence electrons. The highest BCUT2D eigenvalue weighted by atomic mass is 16.5. The summed E-state index contributed by atoms with van der Waals surface area (Å²) in [4.78, 5) is 33.6. The van der Waals surface area contributed by atoms with Crippen LogP contribution in [0.3, 0.4) is 0 Å². The molecule has 1 atom stereocenters. The number of pyridine rings is 1. The van der Waals surface area contributed by atoms with E-state index in [1.54, 1.807) is 12.3 Å². The van der Waals surface area contributed by atoms with Crippen molar-refractivity contribution in [1.29, 1.82) is 5.26 Å². The molecular weight excluding hydrogens is 420 g/mol. The Morgan fingerprint density at radius 3 is 2.91 bits per heavy atom. The van der Waals surface area contributed by atoms with E-state index in [0.29, 0.717) is 41.8 Å². The van der Waals surface area contributed by atoms with Gasteiger partial charge in [0.1, 0.15) is 11.8 Å². The van der Waals surface area contributed by atoms with Crippen molar-refractivity contribution in [2.45, 2.75) is 25.3 Å². The van der Waals surface area contributed by atoms with E-state index in [2.05, 4.69) is 26.6 Å². The van der Waals surface area contributed by atoms with Gasteiger partial charge in [-0.2, -0.15) is 5.26 Å². The van der Waals surface area contributed by atoms with Crippen molar-refractivity contribution in [3.8, 4) is 11.8 Å². The van der Waals surface area contributed by atoms with Crippen LogP contribution in [0.1, 0.15) is 29.6 Å². The second kappa shape index (κ2) is 11.1. The average Bonchev–Trinajstić information content (AvgIpc) is 3.34. The number of fused-ring (bicyclic) bond motifs is 1. The molecule has 2 amide bonds. The quantitative estimate of drug-likeness (QED) is 0.581. The van der Waals surface area contributed by atoms with Gasteiger partial charge >= 0.3 is 0 Å². The van der Waals surface area contributed by atoms with Crippen LogP contribution in [0.4, 0.5) is 0 Å². The number of carbonyl (C=O) groups excluding carboxylic acids is 2. The van der Waals surface area contributed by atoms with Gasteiger partial charge in [0.15, 0.2) is 0 Å². The van der Waals surface area contributed by atoms with Gasteiger partial charge in [-0.15, -0.1) is 0 Å². The highest BCUT2D eigenvalue weighted by molar-refractivity contribution is 6.07. The summed E-state index contributed by atoms with van der Waals surface area (Å²) in [5, 5.41) is 15.9. The molecule has 0 spiro atoms. The maximum absolute atomic E-state index is 12.8. The molecule has 1 unspecified atom stereocenters. The number of nitrogens with zero attached hydrogens (tertiary/aromatic N) is 4. The Bertz CT molecular complexity index is 1030. The fourth-order valence-electron chi connectivity index (χ4n) is 4.38. The first-order valence-electron chi connectivity index (χ1n) is 11.6. The summed E-state index contributed by atoms with van der Waals surface area (Å²) in [5.41, 5.74) is 1.13. The number of aromatic nitrogens is 1. The fourth-order valence-corrected chi connectivity index (χ4v) is 4.38. The van der Waals surface area contributed by atoms with Gasteiger partial charge in [0, 0.05) is 50.9 Å². The van der Waals surface area contributed by atoms with E-state index in [-0.39, 0.29) is 18.4 Å². The lowest BCUT2D eigenvalue weighted by Crippen LogP contribution is -2.43. The zero-order valence-electron chi connectivity index (χ0n) is 18.8.